The van der Waals surface area contributed by atoms with Gasteiger partial charge in [0.15, 0.2) is 0 Å². The standard InChI is InChI=1S/C20H14O/c21-19-11-18-15-9-8-12-4-1-2-6-14(12)17(15)10-13-5-3-7-16(19)20(13)18/h1-10,19,21H,11H2. The van der Waals surface area contributed by atoms with Crippen LogP contribution in [0.3, 0.4) is 0 Å². The predicted octanol–water partition coefficient (Wildman–Crippen LogP) is 4.74. The van der Waals surface area contributed by atoms with Crippen molar-refractivity contribution in [2.75, 3.05) is 0 Å². The summed E-state index contributed by atoms with van der Waals surface area (Å²) in [6.45, 7) is 0. The Morgan fingerprint density at radius 1 is 0.762 bits per heavy atom. The van der Waals surface area contributed by atoms with Gasteiger partial charge in [0.25, 0.3) is 0 Å². The minimum Gasteiger partial charge on any atom is -0.388 e. The van der Waals surface area contributed by atoms with Crippen LogP contribution in [-0.4, -0.2) is 5.11 Å². The first-order chi connectivity index (χ1) is 10.3. The average molecular weight is 270 g/mol. The van der Waals surface area contributed by atoms with Gasteiger partial charge in [-0.3, -0.25) is 0 Å². The van der Waals surface area contributed by atoms with Gasteiger partial charge in [0, 0.05) is 6.42 Å². The van der Waals surface area contributed by atoms with Crippen LogP contribution >= 0.6 is 0 Å². The maximum atomic E-state index is 10.3. The third-order valence-corrected chi connectivity index (χ3v) is 4.78. The van der Waals surface area contributed by atoms with Gasteiger partial charge in [-0.1, -0.05) is 54.6 Å². The molecule has 0 heterocycles. The van der Waals surface area contributed by atoms with Crippen LogP contribution in [0.2, 0.25) is 0 Å². The summed E-state index contributed by atoms with van der Waals surface area (Å²) in [6, 6.07) is 21.4. The van der Waals surface area contributed by atoms with E-state index in [1.165, 1.54) is 37.9 Å². The highest BCUT2D eigenvalue weighted by Gasteiger charge is 2.24. The molecule has 1 aliphatic rings. The summed E-state index contributed by atoms with van der Waals surface area (Å²) in [5.74, 6) is 0. The van der Waals surface area contributed by atoms with E-state index in [1.54, 1.807) is 0 Å². The first-order valence-electron chi connectivity index (χ1n) is 7.37. The number of rotatable bonds is 0. The fraction of sp³-hybridized carbons (Fsp3) is 0.100. The van der Waals surface area contributed by atoms with Crippen LogP contribution in [0.15, 0.2) is 60.7 Å². The SMILES string of the molecule is OC1Cc2c3ccc4ccccc4c3cc3cccc1c23. The second kappa shape index (κ2) is 3.84. The predicted molar refractivity (Wildman–Crippen MR) is 87.6 cm³/mol. The van der Waals surface area contributed by atoms with E-state index >= 15 is 0 Å². The van der Waals surface area contributed by atoms with Gasteiger partial charge in [0.05, 0.1) is 6.10 Å². The molecule has 0 aliphatic heterocycles. The van der Waals surface area contributed by atoms with Crippen LogP contribution in [0.4, 0.5) is 0 Å². The molecule has 0 bridgehead atoms. The molecule has 0 aromatic heterocycles. The number of aliphatic hydroxyl groups excluding tert-OH is 1. The fourth-order valence-corrected chi connectivity index (χ4v) is 3.85. The number of hydrogen-bond donors (Lipinski definition) is 1. The van der Waals surface area contributed by atoms with E-state index < -0.39 is 0 Å². The lowest BCUT2D eigenvalue weighted by Gasteiger charge is -2.09. The Bertz CT molecular complexity index is 1030. The zero-order valence-corrected chi connectivity index (χ0v) is 11.5. The van der Waals surface area contributed by atoms with Crippen molar-refractivity contribution < 1.29 is 5.11 Å². The molecule has 100 valence electrons. The van der Waals surface area contributed by atoms with Gasteiger partial charge < -0.3 is 5.11 Å². The highest BCUT2D eigenvalue weighted by Crippen LogP contribution is 2.42. The maximum absolute atomic E-state index is 10.3. The molecule has 0 amide bonds. The van der Waals surface area contributed by atoms with Gasteiger partial charge in [-0.05, 0) is 49.5 Å². The minimum absolute atomic E-state index is 0.360. The molecular weight excluding hydrogens is 256 g/mol. The van der Waals surface area contributed by atoms with Gasteiger partial charge in [-0.15, -0.1) is 0 Å². The first-order valence-corrected chi connectivity index (χ1v) is 7.37. The molecule has 21 heavy (non-hydrogen) atoms. The van der Waals surface area contributed by atoms with Gasteiger partial charge in [0.2, 0.25) is 0 Å². The summed E-state index contributed by atoms with van der Waals surface area (Å²) in [5.41, 5.74) is 2.38. The summed E-state index contributed by atoms with van der Waals surface area (Å²) in [5, 5.41) is 18.0. The van der Waals surface area contributed by atoms with Crippen LogP contribution in [0, 0.1) is 0 Å². The third kappa shape index (κ3) is 1.39. The summed E-state index contributed by atoms with van der Waals surface area (Å²) in [6.07, 6.45) is 0.367. The van der Waals surface area contributed by atoms with Gasteiger partial charge in [-0.2, -0.15) is 0 Å². The highest BCUT2D eigenvalue weighted by atomic mass is 16.3. The van der Waals surface area contributed by atoms with Crippen molar-refractivity contribution in [3.63, 3.8) is 0 Å². The Morgan fingerprint density at radius 3 is 2.57 bits per heavy atom. The Morgan fingerprint density at radius 2 is 1.62 bits per heavy atom. The monoisotopic (exact) mass is 270 g/mol. The Labute approximate surface area is 122 Å². The maximum Gasteiger partial charge on any atom is 0.0836 e. The van der Waals surface area contributed by atoms with Crippen LogP contribution in [0.25, 0.3) is 32.3 Å². The van der Waals surface area contributed by atoms with Crippen molar-refractivity contribution in [2.45, 2.75) is 12.5 Å². The zero-order chi connectivity index (χ0) is 14.0. The van der Waals surface area contributed by atoms with E-state index in [1.807, 2.05) is 6.07 Å². The molecular formula is C20H14O. The van der Waals surface area contributed by atoms with Crippen LogP contribution in [0.1, 0.15) is 17.2 Å². The molecule has 0 radical (unpaired) electrons. The summed E-state index contributed by atoms with van der Waals surface area (Å²) >= 11 is 0. The normalized spacial score (nSPS) is 17.1. The number of hydrogen-bond acceptors (Lipinski definition) is 1. The second-order valence-electron chi connectivity index (χ2n) is 5.90. The number of aliphatic hydroxyl groups is 1. The molecule has 1 heteroatoms. The van der Waals surface area contributed by atoms with E-state index in [4.69, 9.17) is 0 Å². The van der Waals surface area contributed by atoms with E-state index in [2.05, 4.69) is 54.6 Å². The smallest absolute Gasteiger partial charge is 0.0836 e. The molecule has 0 saturated carbocycles. The van der Waals surface area contributed by atoms with Crippen molar-refractivity contribution in [1.82, 2.24) is 0 Å². The van der Waals surface area contributed by atoms with E-state index in [9.17, 15) is 5.11 Å². The first kappa shape index (κ1) is 11.3. The summed E-state index contributed by atoms with van der Waals surface area (Å²) < 4.78 is 0. The molecule has 4 aromatic carbocycles. The van der Waals surface area contributed by atoms with E-state index in [0.717, 1.165) is 12.0 Å². The molecule has 4 aromatic rings. The van der Waals surface area contributed by atoms with Crippen LogP contribution < -0.4 is 0 Å². The van der Waals surface area contributed by atoms with E-state index in [0.29, 0.717) is 0 Å². The topological polar surface area (TPSA) is 20.2 Å². The van der Waals surface area contributed by atoms with Crippen molar-refractivity contribution in [2.24, 2.45) is 0 Å². The Kier molecular flexibility index (Phi) is 2.06. The quantitative estimate of drug-likeness (QED) is 0.361. The molecule has 1 nitrogen and oxygen atoms in total. The second-order valence-corrected chi connectivity index (χ2v) is 5.90. The number of fused-ring (bicyclic) bond motifs is 4. The third-order valence-electron chi connectivity index (χ3n) is 4.78. The van der Waals surface area contributed by atoms with Crippen molar-refractivity contribution in [3.05, 3.63) is 71.8 Å². The Hall–Kier alpha value is -2.38. The molecule has 0 saturated heterocycles. The fourth-order valence-electron chi connectivity index (χ4n) is 3.85. The molecule has 5 rings (SSSR count). The molecule has 1 N–H and O–H groups in total. The molecule has 0 spiro atoms. The molecule has 1 atom stereocenters. The average Bonchev–Trinajstić information content (AvgIpc) is 2.86. The lowest BCUT2D eigenvalue weighted by atomic mass is 9.94. The van der Waals surface area contributed by atoms with E-state index in [-0.39, 0.29) is 6.10 Å². The molecule has 0 fully saturated rings. The van der Waals surface area contributed by atoms with Crippen LogP contribution in [-0.2, 0) is 6.42 Å². The largest absolute Gasteiger partial charge is 0.388 e. The summed E-state index contributed by atoms with van der Waals surface area (Å²) in [7, 11) is 0. The number of benzene rings is 4. The van der Waals surface area contributed by atoms with Crippen LogP contribution in [0.5, 0.6) is 0 Å². The Balaban J connectivity index is 2.07. The minimum atomic E-state index is -0.360. The summed E-state index contributed by atoms with van der Waals surface area (Å²) in [4.78, 5) is 0. The zero-order valence-electron chi connectivity index (χ0n) is 11.5. The molecule has 1 aliphatic carbocycles. The van der Waals surface area contributed by atoms with Crippen molar-refractivity contribution in [3.8, 4) is 0 Å². The van der Waals surface area contributed by atoms with Gasteiger partial charge in [-0.25, -0.2) is 0 Å². The molecule has 1 unspecified atom stereocenters. The van der Waals surface area contributed by atoms with Gasteiger partial charge in [0.1, 0.15) is 0 Å². The van der Waals surface area contributed by atoms with Gasteiger partial charge >= 0.3 is 0 Å². The lowest BCUT2D eigenvalue weighted by Crippen LogP contribution is -1.92. The van der Waals surface area contributed by atoms with Crippen molar-refractivity contribution >= 4 is 32.3 Å². The van der Waals surface area contributed by atoms with Crippen molar-refractivity contribution in [1.29, 1.82) is 0 Å². The lowest BCUT2D eigenvalue weighted by molar-refractivity contribution is 0.186. The highest BCUT2D eigenvalue weighted by molar-refractivity contribution is 6.15.